The number of hydrogen-bond acceptors (Lipinski definition) is 6. The first kappa shape index (κ1) is 74.8. The minimum atomic E-state index is -0.775. The van der Waals surface area contributed by atoms with Gasteiger partial charge in [0.1, 0.15) is 13.2 Å². The maximum atomic E-state index is 12.9. The van der Waals surface area contributed by atoms with Crippen LogP contribution in [0.5, 0.6) is 0 Å². The van der Waals surface area contributed by atoms with E-state index >= 15 is 0 Å². The summed E-state index contributed by atoms with van der Waals surface area (Å²) in [6.07, 6.45) is 86.7. The molecule has 0 spiro atoms. The molecule has 1 unspecified atom stereocenters. The molecule has 0 fully saturated rings. The SMILES string of the molecule is CC/C=C\C/C=C\C/C=C\C/C=C\C/C=C\C/C=C\CCCCCCCCCCC(=O)OCC(COC(=O)CCCCCCCCC)OC(=O)CCCCCCCCCCCCCCCCCCCCCCCCCCCC. The van der Waals surface area contributed by atoms with E-state index in [2.05, 4.69) is 93.7 Å². The maximum Gasteiger partial charge on any atom is 0.306 e. The highest BCUT2D eigenvalue weighted by molar-refractivity contribution is 5.71. The summed E-state index contributed by atoms with van der Waals surface area (Å²) < 4.78 is 16.9. The summed E-state index contributed by atoms with van der Waals surface area (Å²) in [6.45, 7) is 6.53. The Kier molecular flexibility index (Phi) is 63.7. The van der Waals surface area contributed by atoms with Gasteiger partial charge in [-0.2, -0.15) is 0 Å². The van der Waals surface area contributed by atoms with E-state index in [-0.39, 0.29) is 31.1 Å². The van der Waals surface area contributed by atoms with Crippen LogP contribution in [0.1, 0.15) is 348 Å². The standard InChI is InChI=1S/C72H128O6/c1-4-7-10-13-16-18-20-22-24-26-28-30-32-34-36-38-39-41-43-45-47-49-51-53-56-59-62-65-71(74)77-68-69(67-76-70(73)64-61-58-55-15-12-9-6-3)78-72(75)66-63-60-57-54-52-50-48-46-44-42-40-37-35-33-31-29-27-25-23-21-19-17-14-11-8-5-2/h7,10,16,18,22,24,28,30,34,36,39,41,69H,4-6,8-9,11-15,17,19-21,23,25-27,29,31-33,35,37-38,40,42-68H2,1-3H3/b10-7-,18-16-,24-22-,30-28-,36-34-,41-39-. The van der Waals surface area contributed by atoms with Gasteiger partial charge in [-0.15, -0.1) is 0 Å². The third kappa shape index (κ3) is 63.7. The van der Waals surface area contributed by atoms with Gasteiger partial charge in [0.05, 0.1) is 0 Å². The molecular formula is C72H128O6. The third-order valence-corrected chi connectivity index (χ3v) is 15.0. The minimum absolute atomic E-state index is 0.0742. The lowest BCUT2D eigenvalue weighted by Gasteiger charge is -2.18. The zero-order valence-electron chi connectivity index (χ0n) is 51.9. The smallest absolute Gasteiger partial charge is 0.306 e. The summed E-state index contributed by atoms with van der Waals surface area (Å²) >= 11 is 0. The Morgan fingerprint density at radius 2 is 0.500 bits per heavy atom. The first-order valence-electron chi connectivity index (χ1n) is 33.9. The van der Waals surface area contributed by atoms with Crippen molar-refractivity contribution in [2.24, 2.45) is 0 Å². The largest absolute Gasteiger partial charge is 0.462 e. The summed E-state index contributed by atoms with van der Waals surface area (Å²) in [5.74, 6) is -0.872. The molecule has 0 aromatic rings. The molecule has 452 valence electrons. The van der Waals surface area contributed by atoms with Gasteiger partial charge in [0.15, 0.2) is 6.10 Å². The average Bonchev–Trinajstić information content (AvgIpc) is 3.44. The fourth-order valence-corrected chi connectivity index (χ4v) is 9.92. The van der Waals surface area contributed by atoms with E-state index in [0.717, 1.165) is 103 Å². The van der Waals surface area contributed by atoms with Gasteiger partial charge in [-0.3, -0.25) is 14.4 Å². The van der Waals surface area contributed by atoms with Crippen molar-refractivity contribution in [1.82, 2.24) is 0 Å². The number of esters is 3. The van der Waals surface area contributed by atoms with E-state index in [4.69, 9.17) is 14.2 Å². The monoisotopic (exact) mass is 1090 g/mol. The Labute approximate surface area is 484 Å². The summed E-state index contributed by atoms with van der Waals surface area (Å²) in [5, 5.41) is 0. The van der Waals surface area contributed by atoms with E-state index in [0.29, 0.717) is 19.3 Å². The zero-order valence-corrected chi connectivity index (χ0v) is 51.9. The van der Waals surface area contributed by atoms with Crippen LogP contribution in [0.2, 0.25) is 0 Å². The van der Waals surface area contributed by atoms with Crippen LogP contribution in [-0.4, -0.2) is 37.2 Å². The van der Waals surface area contributed by atoms with Crippen molar-refractivity contribution < 1.29 is 28.6 Å². The summed E-state index contributed by atoms with van der Waals surface area (Å²) in [6, 6.07) is 0. The number of carbonyl (C=O) groups is 3. The topological polar surface area (TPSA) is 78.9 Å². The van der Waals surface area contributed by atoms with Crippen molar-refractivity contribution in [1.29, 1.82) is 0 Å². The quantitative estimate of drug-likeness (QED) is 0.0261. The second-order valence-electron chi connectivity index (χ2n) is 22.7. The predicted octanol–water partition coefficient (Wildman–Crippen LogP) is 23.3. The van der Waals surface area contributed by atoms with Crippen LogP contribution in [0.4, 0.5) is 0 Å². The molecule has 0 aromatic heterocycles. The van der Waals surface area contributed by atoms with Crippen molar-refractivity contribution in [2.45, 2.75) is 354 Å². The molecule has 0 aliphatic carbocycles. The fourth-order valence-electron chi connectivity index (χ4n) is 9.92. The van der Waals surface area contributed by atoms with Crippen molar-refractivity contribution in [2.75, 3.05) is 13.2 Å². The predicted molar refractivity (Wildman–Crippen MR) is 339 cm³/mol. The van der Waals surface area contributed by atoms with E-state index in [1.807, 2.05) is 0 Å². The van der Waals surface area contributed by atoms with Gasteiger partial charge in [-0.05, 0) is 70.6 Å². The van der Waals surface area contributed by atoms with Crippen molar-refractivity contribution in [3.63, 3.8) is 0 Å². The van der Waals surface area contributed by atoms with E-state index in [9.17, 15) is 14.4 Å². The molecule has 0 aliphatic heterocycles. The first-order chi connectivity index (χ1) is 38.5. The van der Waals surface area contributed by atoms with E-state index < -0.39 is 6.10 Å². The molecule has 0 aromatic carbocycles. The van der Waals surface area contributed by atoms with Gasteiger partial charge in [-0.1, -0.05) is 331 Å². The number of unbranched alkanes of at least 4 members (excludes halogenated alkanes) is 39. The summed E-state index contributed by atoms with van der Waals surface area (Å²) in [7, 11) is 0. The lowest BCUT2D eigenvalue weighted by molar-refractivity contribution is -0.167. The second kappa shape index (κ2) is 66.4. The molecule has 0 aliphatic rings. The van der Waals surface area contributed by atoms with Crippen LogP contribution in [0.25, 0.3) is 0 Å². The molecular weight excluding hydrogens is 961 g/mol. The Bertz CT molecular complexity index is 1440. The average molecular weight is 1090 g/mol. The second-order valence-corrected chi connectivity index (χ2v) is 22.7. The zero-order chi connectivity index (χ0) is 56.4. The summed E-state index contributed by atoms with van der Waals surface area (Å²) in [4.78, 5) is 38.1. The van der Waals surface area contributed by atoms with Gasteiger partial charge in [-0.25, -0.2) is 0 Å². The highest BCUT2D eigenvalue weighted by Crippen LogP contribution is 2.18. The van der Waals surface area contributed by atoms with Crippen molar-refractivity contribution in [3.8, 4) is 0 Å². The highest BCUT2D eigenvalue weighted by atomic mass is 16.6. The first-order valence-corrected chi connectivity index (χ1v) is 33.9. The van der Waals surface area contributed by atoms with Gasteiger partial charge < -0.3 is 14.2 Å². The van der Waals surface area contributed by atoms with Crippen LogP contribution in [0.3, 0.4) is 0 Å². The molecule has 0 amide bonds. The Morgan fingerprint density at radius 1 is 0.269 bits per heavy atom. The van der Waals surface area contributed by atoms with Crippen LogP contribution in [0, 0.1) is 0 Å². The van der Waals surface area contributed by atoms with Crippen LogP contribution in [0.15, 0.2) is 72.9 Å². The van der Waals surface area contributed by atoms with Crippen molar-refractivity contribution >= 4 is 17.9 Å². The molecule has 6 nitrogen and oxygen atoms in total. The third-order valence-electron chi connectivity index (χ3n) is 15.0. The molecule has 78 heavy (non-hydrogen) atoms. The number of allylic oxidation sites excluding steroid dienone is 12. The normalized spacial score (nSPS) is 12.5. The number of rotatable bonds is 62. The van der Waals surface area contributed by atoms with Gasteiger partial charge >= 0.3 is 17.9 Å². The lowest BCUT2D eigenvalue weighted by Crippen LogP contribution is -2.30. The molecule has 0 rings (SSSR count). The molecule has 0 bridgehead atoms. The Hall–Kier alpha value is -3.15. The lowest BCUT2D eigenvalue weighted by atomic mass is 10.0. The van der Waals surface area contributed by atoms with E-state index in [1.54, 1.807) is 0 Å². The number of ether oxygens (including phenoxy) is 3. The Morgan fingerprint density at radius 3 is 0.782 bits per heavy atom. The van der Waals surface area contributed by atoms with Gasteiger partial charge in [0.2, 0.25) is 0 Å². The molecule has 0 saturated heterocycles. The van der Waals surface area contributed by atoms with Gasteiger partial charge in [0.25, 0.3) is 0 Å². The number of carbonyl (C=O) groups excluding carboxylic acids is 3. The molecule has 6 heteroatoms. The van der Waals surface area contributed by atoms with Crippen LogP contribution >= 0.6 is 0 Å². The molecule has 0 saturated carbocycles. The van der Waals surface area contributed by atoms with Crippen molar-refractivity contribution in [3.05, 3.63) is 72.9 Å². The fraction of sp³-hybridized carbons (Fsp3) is 0.792. The minimum Gasteiger partial charge on any atom is -0.462 e. The molecule has 0 heterocycles. The molecule has 1 atom stereocenters. The summed E-state index contributed by atoms with van der Waals surface area (Å²) in [5.41, 5.74) is 0. The van der Waals surface area contributed by atoms with E-state index in [1.165, 1.54) is 205 Å². The molecule has 0 radical (unpaired) electrons. The Balaban J connectivity index is 4.10. The number of hydrogen-bond donors (Lipinski definition) is 0. The molecule has 0 N–H and O–H groups in total. The maximum absolute atomic E-state index is 12.9. The van der Waals surface area contributed by atoms with Crippen LogP contribution < -0.4 is 0 Å². The van der Waals surface area contributed by atoms with Gasteiger partial charge in [0, 0.05) is 19.3 Å². The van der Waals surface area contributed by atoms with Crippen LogP contribution in [-0.2, 0) is 28.6 Å². The highest BCUT2D eigenvalue weighted by Gasteiger charge is 2.19.